The van der Waals surface area contributed by atoms with Crippen LogP contribution >= 0.6 is 0 Å². The van der Waals surface area contributed by atoms with Gasteiger partial charge in [-0.05, 0) is 86.0 Å². The Bertz CT molecular complexity index is 1420. The normalized spacial score (nSPS) is 52.2. The van der Waals surface area contributed by atoms with Crippen molar-refractivity contribution < 1.29 is 18.8 Å². The highest BCUT2D eigenvalue weighted by molar-refractivity contribution is 6.01. The van der Waals surface area contributed by atoms with Crippen molar-refractivity contribution in [2.75, 3.05) is 0 Å². The molecule has 5 fully saturated rings. The molecule has 1 aromatic heterocycles. The van der Waals surface area contributed by atoms with Crippen LogP contribution in [0, 0.1) is 69.5 Å². The molecule has 4 saturated carbocycles. The van der Waals surface area contributed by atoms with Crippen LogP contribution in [0.3, 0.4) is 0 Å². The average Bonchev–Trinajstić information content (AvgIpc) is 3.52. The van der Waals surface area contributed by atoms with Crippen molar-refractivity contribution in [2.24, 2.45) is 51.2 Å². The largest absolute Gasteiger partial charge is 0.342 e. The second-order valence-corrected chi connectivity index (χ2v) is 15.7. The van der Waals surface area contributed by atoms with Crippen molar-refractivity contribution in [3.8, 4) is 6.07 Å². The van der Waals surface area contributed by atoms with Crippen LogP contribution in [0.1, 0.15) is 98.7 Å². The van der Waals surface area contributed by atoms with Gasteiger partial charge < -0.3 is 9.26 Å². The summed E-state index contributed by atoms with van der Waals surface area (Å²) in [7, 11) is 0. The van der Waals surface area contributed by atoms with Gasteiger partial charge in [-0.2, -0.15) is 10.2 Å². The summed E-state index contributed by atoms with van der Waals surface area (Å²) in [5.74, 6) is 2.30. The average molecular weight is 546 g/mol. The van der Waals surface area contributed by atoms with E-state index in [9.17, 15) is 14.9 Å². The molecule has 0 bridgehead atoms. The fourth-order valence-corrected chi connectivity index (χ4v) is 11.6. The molecule has 11 atom stereocenters. The highest BCUT2D eigenvalue weighted by atomic mass is 16.6. The summed E-state index contributed by atoms with van der Waals surface area (Å²) in [6.07, 6.45) is 7.15. The second-order valence-electron chi connectivity index (χ2n) is 15.7. The van der Waals surface area contributed by atoms with E-state index in [2.05, 4.69) is 45.8 Å². The van der Waals surface area contributed by atoms with Gasteiger partial charge in [-0.1, -0.05) is 59.2 Å². The first kappa shape index (κ1) is 26.6. The molecule has 0 aromatic carbocycles. The fourth-order valence-electron chi connectivity index (χ4n) is 11.6. The third kappa shape index (κ3) is 2.67. The maximum absolute atomic E-state index is 14.7. The monoisotopic (exact) mass is 545 g/mol. The molecule has 214 valence electrons. The SMILES string of the molecule is Cc1noc([C@]23CC[C@@H](C)[C@H](C)[C@H]2[C@H]2C(=O)C=C4[C@@]5(C)C6O[C@@]6(C#N)C(=O)C(C)(C)[C@@H]5CC[C@@]4(C)[C@]2(C)CC3)n1. The number of ketones is 2. The summed E-state index contributed by atoms with van der Waals surface area (Å²) in [6.45, 7) is 17.4. The van der Waals surface area contributed by atoms with Gasteiger partial charge in [-0.3, -0.25) is 9.59 Å². The zero-order chi connectivity index (χ0) is 28.8. The van der Waals surface area contributed by atoms with Crippen LogP contribution in [0.25, 0.3) is 0 Å². The van der Waals surface area contributed by atoms with E-state index < -0.39 is 22.5 Å². The van der Waals surface area contributed by atoms with Crippen LogP contribution in [0.4, 0.5) is 0 Å². The molecule has 1 unspecified atom stereocenters. The molecule has 6 aliphatic rings. The summed E-state index contributed by atoms with van der Waals surface area (Å²) in [5.41, 5.74) is -2.33. The van der Waals surface area contributed by atoms with Gasteiger partial charge in [-0.25, -0.2) is 0 Å². The predicted molar refractivity (Wildman–Crippen MR) is 147 cm³/mol. The molecule has 1 aromatic rings. The third-order valence-electron chi connectivity index (χ3n) is 14.0. The second kappa shape index (κ2) is 7.54. The smallest absolute Gasteiger partial charge is 0.240 e. The summed E-state index contributed by atoms with van der Waals surface area (Å²) < 4.78 is 12.1. The summed E-state index contributed by atoms with van der Waals surface area (Å²) in [4.78, 5) is 33.1. The van der Waals surface area contributed by atoms with Crippen LogP contribution in [-0.4, -0.2) is 33.4 Å². The zero-order valence-corrected chi connectivity index (χ0v) is 25.3. The van der Waals surface area contributed by atoms with Crippen molar-refractivity contribution in [1.29, 1.82) is 5.26 Å². The van der Waals surface area contributed by atoms with Gasteiger partial charge in [0.15, 0.2) is 17.4 Å². The molecule has 7 heteroatoms. The Morgan fingerprint density at radius 2 is 1.75 bits per heavy atom. The van der Waals surface area contributed by atoms with E-state index in [0.29, 0.717) is 17.7 Å². The Morgan fingerprint density at radius 3 is 2.40 bits per heavy atom. The highest BCUT2D eigenvalue weighted by Gasteiger charge is 2.82. The van der Waals surface area contributed by atoms with Crippen molar-refractivity contribution in [1.82, 2.24) is 10.1 Å². The third-order valence-corrected chi connectivity index (χ3v) is 14.0. The number of fused-ring (bicyclic) bond motifs is 9. The molecule has 0 N–H and O–H groups in total. The number of aryl methyl sites for hydroxylation is 1. The Morgan fingerprint density at radius 1 is 1.02 bits per heavy atom. The lowest BCUT2D eigenvalue weighted by molar-refractivity contribution is -0.170. The molecule has 0 radical (unpaired) electrons. The number of hydrogen-bond donors (Lipinski definition) is 0. The summed E-state index contributed by atoms with van der Waals surface area (Å²) in [6, 6.07) is 2.27. The molecule has 0 spiro atoms. The number of Topliss-reactive ketones (excluding diaryl/α,β-unsaturated/α-hetero) is 1. The van der Waals surface area contributed by atoms with E-state index in [1.807, 2.05) is 26.8 Å². The standard InChI is InChI=1S/C33H43N3O4/c1-17-9-12-32(27-35-19(3)36-40-27)14-13-30(7)24(23(32)18(17)2)20(37)15-22-29(30,6)11-10-21-28(4,5)25(38)33(16-34)26(39-33)31(21,22)8/h15,17-18,21,23-24,26H,9-14H2,1-8H3/t17-,18+,21+,23+,24-,26?,29-,30-,31+,32+,33+/m1/s1. The first-order valence-electron chi connectivity index (χ1n) is 15.4. The molecule has 0 amide bonds. The number of allylic oxidation sites excluding steroid dienone is 1. The number of aromatic nitrogens is 2. The Kier molecular flexibility index (Phi) is 5.01. The molecular weight excluding hydrogens is 502 g/mol. The van der Waals surface area contributed by atoms with Gasteiger partial charge in [0.2, 0.25) is 11.5 Å². The van der Waals surface area contributed by atoms with Crippen LogP contribution in [-0.2, 0) is 19.7 Å². The van der Waals surface area contributed by atoms with Gasteiger partial charge in [0, 0.05) is 16.7 Å². The van der Waals surface area contributed by atoms with Crippen molar-refractivity contribution >= 4 is 11.6 Å². The number of carbonyl (C=O) groups excluding carboxylic acids is 2. The van der Waals surface area contributed by atoms with E-state index in [1.54, 1.807) is 0 Å². The lowest BCUT2D eigenvalue weighted by Crippen LogP contribution is -2.68. The van der Waals surface area contributed by atoms with E-state index in [1.165, 1.54) is 0 Å². The number of rotatable bonds is 1. The van der Waals surface area contributed by atoms with Gasteiger partial charge in [0.05, 0.1) is 5.41 Å². The molecule has 7 rings (SSSR count). The van der Waals surface area contributed by atoms with Gasteiger partial charge in [0.1, 0.15) is 12.2 Å². The van der Waals surface area contributed by atoms with Crippen molar-refractivity contribution in [3.63, 3.8) is 0 Å². The number of epoxide rings is 1. The number of nitriles is 1. The molecule has 2 heterocycles. The van der Waals surface area contributed by atoms with Crippen LogP contribution in [0.2, 0.25) is 0 Å². The van der Waals surface area contributed by atoms with E-state index in [4.69, 9.17) is 14.2 Å². The highest BCUT2D eigenvalue weighted by Crippen LogP contribution is 2.77. The first-order chi connectivity index (χ1) is 18.6. The number of ether oxygens (including phenoxy) is 1. The molecule has 1 saturated heterocycles. The van der Waals surface area contributed by atoms with Gasteiger partial charge in [0.25, 0.3) is 0 Å². The Labute approximate surface area is 237 Å². The topological polar surface area (TPSA) is 109 Å². The van der Waals surface area contributed by atoms with Crippen molar-refractivity contribution in [3.05, 3.63) is 23.4 Å². The van der Waals surface area contributed by atoms with Crippen LogP contribution in [0.15, 0.2) is 16.2 Å². The molecule has 5 aliphatic carbocycles. The Hall–Kier alpha value is -2.33. The fraction of sp³-hybridized carbons (Fsp3) is 0.788. The maximum Gasteiger partial charge on any atom is 0.240 e. The van der Waals surface area contributed by atoms with E-state index in [0.717, 1.165) is 50.0 Å². The van der Waals surface area contributed by atoms with E-state index >= 15 is 0 Å². The van der Waals surface area contributed by atoms with Crippen LogP contribution in [0.5, 0.6) is 0 Å². The number of carbonyl (C=O) groups is 2. The zero-order valence-electron chi connectivity index (χ0n) is 25.3. The number of hydrogen-bond acceptors (Lipinski definition) is 7. The first-order valence-corrected chi connectivity index (χ1v) is 15.4. The molecule has 40 heavy (non-hydrogen) atoms. The quantitative estimate of drug-likeness (QED) is 0.403. The van der Waals surface area contributed by atoms with E-state index in [-0.39, 0.29) is 45.6 Å². The molecule has 7 nitrogen and oxygen atoms in total. The van der Waals surface area contributed by atoms with Gasteiger partial charge in [-0.15, -0.1) is 0 Å². The molecular formula is C33H43N3O4. The molecule has 1 aliphatic heterocycles. The lowest BCUT2D eigenvalue weighted by Gasteiger charge is -2.69. The Balaban J connectivity index is 1.41. The van der Waals surface area contributed by atoms with Gasteiger partial charge >= 0.3 is 0 Å². The van der Waals surface area contributed by atoms with Crippen molar-refractivity contribution in [2.45, 2.75) is 111 Å². The summed E-state index contributed by atoms with van der Waals surface area (Å²) >= 11 is 0. The predicted octanol–water partition coefficient (Wildman–Crippen LogP) is 5.92. The number of nitrogens with zero attached hydrogens (tertiary/aromatic N) is 3. The minimum atomic E-state index is -1.39. The lowest BCUT2D eigenvalue weighted by atomic mass is 9.33. The summed E-state index contributed by atoms with van der Waals surface area (Å²) in [5, 5.41) is 14.4. The van der Waals surface area contributed by atoms with Crippen LogP contribution < -0.4 is 0 Å². The minimum Gasteiger partial charge on any atom is -0.342 e. The maximum atomic E-state index is 14.7. The minimum absolute atomic E-state index is 0.0198.